The smallest absolute Gasteiger partial charge is 0.263 e. The van der Waals surface area contributed by atoms with E-state index >= 15 is 0 Å². The average molecular weight is 284 g/mol. The number of amides is 2. The van der Waals surface area contributed by atoms with Crippen molar-refractivity contribution in [3.8, 4) is 0 Å². The summed E-state index contributed by atoms with van der Waals surface area (Å²) in [4.78, 5) is 25.1. The maximum Gasteiger partial charge on any atom is 0.263 e. The van der Waals surface area contributed by atoms with Crippen LogP contribution in [0.1, 0.15) is 36.5 Å². The predicted molar refractivity (Wildman–Crippen MR) is 70.5 cm³/mol. The minimum Gasteiger partial charge on any atom is -0.278 e. The van der Waals surface area contributed by atoms with Crippen LogP contribution < -0.4 is 0 Å². The van der Waals surface area contributed by atoms with Crippen LogP contribution in [0.2, 0.25) is 5.02 Å². The van der Waals surface area contributed by atoms with Crippen molar-refractivity contribution in [3.05, 3.63) is 34.6 Å². The number of halogens is 2. The molecule has 1 atom stereocenters. The third-order valence-corrected chi connectivity index (χ3v) is 3.54. The van der Waals surface area contributed by atoms with Crippen molar-refractivity contribution in [2.45, 2.75) is 26.2 Å². The SMILES string of the molecule is CCCC1CC(=O)N(C(=O)c2cc(Cl)ccc2F)C1. The zero-order valence-electron chi connectivity index (χ0n) is 10.7. The van der Waals surface area contributed by atoms with E-state index in [0.717, 1.165) is 23.8 Å². The van der Waals surface area contributed by atoms with Crippen molar-refractivity contribution in [2.75, 3.05) is 6.54 Å². The Morgan fingerprint density at radius 2 is 2.26 bits per heavy atom. The van der Waals surface area contributed by atoms with E-state index in [-0.39, 0.29) is 22.4 Å². The minimum absolute atomic E-state index is 0.141. The van der Waals surface area contributed by atoms with Gasteiger partial charge >= 0.3 is 0 Å². The molecule has 0 saturated carbocycles. The number of hydrogen-bond donors (Lipinski definition) is 0. The van der Waals surface area contributed by atoms with Crippen LogP contribution in [0.5, 0.6) is 0 Å². The molecule has 1 saturated heterocycles. The molecule has 2 amide bonds. The fourth-order valence-electron chi connectivity index (χ4n) is 2.39. The third-order valence-electron chi connectivity index (χ3n) is 3.31. The van der Waals surface area contributed by atoms with E-state index in [1.807, 2.05) is 6.92 Å². The standard InChI is InChI=1S/C14H15ClFNO2/c1-2-3-9-6-13(18)17(8-9)14(19)11-7-10(15)4-5-12(11)16/h4-5,7,9H,2-3,6,8H2,1H3. The predicted octanol–water partition coefficient (Wildman–Crippen LogP) is 3.27. The van der Waals surface area contributed by atoms with Crippen LogP contribution in [0.25, 0.3) is 0 Å². The molecular formula is C14H15ClFNO2. The largest absolute Gasteiger partial charge is 0.278 e. The van der Waals surface area contributed by atoms with Crippen molar-refractivity contribution in [3.63, 3.8) is 0 Å². The first kappa shape index (κ1) is 14.0. The number of benzene rings is 1. The summed E-state index contributed by atoms with van der Waals surface area (Å²) in [6.07, 6.45) is 2.22. The molecule has 19 heavy (non-hydrogen) atoms. The summed E-state index contributed by atoms with van der Waals surface area (Å²) in [7, 11) is 0. The first-order valence-electron chi connectivity index (χ1n) is 6.32. The number of carbonyl (C=O) groups is 2. The topological polar surface area (TPSA) is 37.4 Å². The summed E-state index contributed by atoms with van der Waals surface area (Å²) in [5, 5.41) is 0.279. The lowest BCUT2D eigenvalue weighted by Gasteiger charge is -2.15. The lowest BCUT2D eigenvalue weighted by atomic mass is 10.0. The number of carbonyl (C=O) groups excluding carboxylic acids is 2. The Hall–Kier alpha value is -1.42. The highest BCUT2D eigenvalue weighted by Crippen LogP contribution is 2.25. The van der Waals surface area contributed by atoms with Gasteiger partial charge in [-0.05, 0) is 30.5 Å². The molecule has 0 N–H and O–H groups in total. The van der Waals surface area contributed by atoms with Crippen LogP contribution >= 0.6 is 11.6 Å². The molecule has 102 valence electrons. The van der Waals surface area contributed by atoms with Gasteiger partial charge in [0, 0.05) is 18.0 Å². The lowest BCUT2D eigenvalue weighted by Crippen LogP contribution is -2.33. The van der Waals surface area contributed by atoms with Crippen molar-refractivity contribution in [1.29, 1.82) is 0 Å². The molecule has 1 fully saturated rings. The first-order chi connectivity index (χ1) is 9.02. The monoisotopic (exact) mass is 283 g/mol. The molecule has 3 nitrogen and oxygen atoms in total. The fourth-order valence-corrected chi connectivity index (χ4v) is 2.56. The number of imide groups is 1. The van der Waals surface area contributed by atoms with Gasteiger partial charge in [-0.25, -0.2) is 4.39 Å². The summed E-state index contributed by atoms with van der Waals surface area (Å²) >= 11 is 5.76. The van der Waals surface area contributed by atoms with Gasteiger partial charge in [-0.3, -0.25) is 14.5 Å². The van der Waals surface area contributed by atoms with Crippen molar-refractivity contribution in [1.82, 2.24) is 4.90 Å². The Kier molecular flexibility index (Phi) is 4.20. The van der Waals surface area contributed by atoms with Gasteiger partial charge in [-0.1, -0.05) is 24.9 Å². The molecule has 0 aromatic heterocycles. The van der Waals surface area contributed by atoms with Gasteiger partial charge in [0.1, 0.15) is 5.82 Å². The molecule has 1 aliphatic rings. The van der Waals surface area contributed by atoms with Gasteiger partial charge in [-0.15, -0.1) is 0 Å². The molecule has 2 rings (SSSR count). The number of likely N-dealkylation sites (tertiary alicyclic amines) is 1. The Bertz CT molecular complexity index is 518. The molecule has 1 aromatic rings. The average Bonchev–Trinajstić information content (AvgIpc) is 2.73. The van der Waals surface area contributed by atoms with Gasteiger partial charge in [0.2, 0.25) is 5.91 Å². The quantitative estimate of drug-likeness (QED) is 0.799. The van der Waals surface area contributed by atoms with Crippen LogP contribution in [-0.2, 0) is 4.79 Å². The van der Waals surface area contributed by atoms with Crippen molar-refractivity contribution in [2.24, 2.45) is 5.92 Å². The number of rotatable bonds is 3. The Morgan fingerprint density at radius 3 is 2.95 bits per heavy atom. The summed E-state index contributed by atoms with van der Waals surface area (Å²) in [6.45, 7) is 2.41. The molecule has 1 unspecified atom stereocenters. The van der Waals surface area contributed by atoms with Crippen LogP contribution in [0.15, 0.2) is 18.2 Å². The van der Waals surface area contributed by atoms with Gasteiger partial charge in [0.15, 0.2) is 0 Å². The van der Waals surface area contributed by atoms with Gasteiger partial charge in [0.25, 0.3) is 5.91 Å². The van der Waals surface area contributed by atoms with Gasteiger partial charge < -0.3 is 0 Å². The van der Waals surface area contributed by atoms with Crippen molar-refractivity contribution >= 4 is 23.4 Å². The second-order valence-corrected chi connectivity index (χ2v) is 5.23. The molecule has 1 heterocycles. The fraction of sp³-hybridized carbons (Fsp3) is 0.429. The van der Waals surface area contributed by atoms with E-state index in [2.05, 4.69) is 0 Å². The first-order valence-corrected chi connectivity index (χ1v) is 6.70. The van der Waals surface area contributed by atoms with Gasteiger partial charge in [0.05, 0.1) is 5.56 Å². The van der Waals surface area contributed by atoms with E-state index in [4.69, 9.17) is 11.6 Å². The highest BCUT2D eigenvalue weighted by atomic mass is 35.5. The molecule has 0 bridgehead atoms. The summed E-state index contributed by atoms with van der Waals surface area (Å²) < 4.78 is 13.6. The van der Waals surface area contributed by atoms with E-state index in [9.17, 15) is 14.0 Å². The van der Waals surface area contributed by atoms with E-state index < -0.39 is 11.7 Å². The summed E-state index contributed by atoms with van der Waals surface area (Å²) in [6, 6.07) is 3.78. The van der Waals surface area contributed by atoms with Crippen LogP contribution in [-0.4, -0.2) is 23.3 Å². The molecule has 0 radical (unpaired) electrons. The zero-order valence-corrected chi connectivity index (χ0v) is 11.4. The highest BCUT2D eigenvalue weighted by Gasteiger charge is 2.34. The highest BCUT2D eigenvalue weighted by molar-refractivity contribution is 6.31. The van der Waals surface area contributed by atoms with E-state index in [0.29, 0.717) is 13.0 Å². The number of nitrogens with zero attached hydrogens (tertiary/aromatic N) is 1. The molecule has 5 heteroatoms. The zero-order chi connectivity index (χ0) is 14.0. The summed E-state index contributed by atoms with van der Waals surface area (Å²) in [5.41, 5.74) is -0.141. The molecular weight excluding hydrogens is 269 g/mol. The van der Waals surface area contributed by atoms with E-state index in [1.165, 1.54) is 12.1 Å². The van der Waals surface area contributed by atoms with Gasteiger partial charge in [-0.2, -0.15) is 0 Å². The molecule has 1 aliphatic heterocycles. The minimum atomic E-state index is -0.652. The van der Waals surface area contributed by atoms with E-state index in [1.54, 1.807) is 0 Å². The molecule has 0 spiro atoms. The lowest BCUT2D eigenvalue weighted by molar-refractivity contribution is -0.125. The molecule has 1 aromatic carbocycles. The van der Waals surface area contributed by atoms with Crippen LogP contribution in [0.4, 0.5) is 4.39 Å². The Balaban J connectivity index is 2.20. The normalized spacial score (nSPS) is 19.0. The second-order valence-electron chi connectivity index (χ2n) is 4.79. The summed E-state index contributed by atoms with van der Waals surface area (Å²) in [5.74, 6) is -1.30. The Morgan fingerprint density at radius 1 is 1.53 bits per heavy atom. The maximum absolute atomic E-state index is 13.6. The van der Waals surface area contributed by atoms with Crippen LogP contribution in [0, 0.1) is 11.7 Å². The second kappa shape index (κ2) is 5.70. The third kappa shape index (κ3) is 2.95. The van der Waals surface area contributed by atoms with Crippen LogP contribution in [0.3, 0.4) is 0 Å². The molecule has 0 aliphatic carbocycles. The van der Waals surface area contributed by atoms with Crippen molar-refractivity contribution < 1.29 is 14.0 Å². The Labute approximate surface area is 116 Å². The number of hydrogen-bond acceptors (Lipinski definition) is 2. The maximum atomic E-state index is 13.6.